The predicted molar refractivity (Wildman–Crippen MR) is 100.0 cm³/mol. The highest BCUT2D eigenvalue weighted by Crippen LogP contribution is 2.17. The summed E-state index contributed by atoms with van der Waals surface area (Å²) < 4.78 is 13.0. The van der Waals surface area contributed by atoms with Gasteiger partial charge in [-0.1, -0.05) is 0 Å². The topological polar surface area (TPSA) is 72.3 Å². The maximum absolute atomic E-state index is 13.0. The van der Waals surface area contributed by atoms with E-state index in [2.05, 4.69) is 15.2 Å². The Hall–Kier alpha value is -3.40. The van der Waals surface area contributed by atoms with E-state index in [1.54, 1.807) is 29.4 Å². The number of hydrogen-bond acceptors (Lipinski definition) is 5. The molecular formula is C20H20FN5O. The zero-order valence-electron chi connectivity index (χ0n) is 14.8. The molecule has 2 heterocycles. The molecule has 3 rings (SSSR count). The van der Waals surface area contributed by atoms with Gasteiger partial charge >= 0.3 is 0 Å². The standard InChI is InChI=1S/C20H20FN5O/c21-18-1-3-19(4-2-18)25-9-11-26(12-10-25)20(27)17(13-22)15-24-14-16-5-7-23-8-6-16/h1-8,15,24H,9-12,14H2/b17-15-. The number of benzene rings is 1. The predicted octanol–water partition coefficient (Wildman–Crippen LogP) is 2.07. The number of hydrogen-bond donors (Lipinski definition) is 1. The number of nitrogens with one attached hydrogen (secondary N) is 1. The maximum atomic E-state index is 13.0. The molecule has 0 radical (unpaired) electrons. The Kier molecular flexibility index (Phi) is 6.00. The Morgan fingerprint density at radius 3 is 2.44 bits per heavy atom. The van der Waals surface area contributed by atoms with Gasteiger partial charge in [-0.2, -0.15) is 5.26 Å². The molecule has 138 valence electrons. The highest BCUT2D eigenvalue weighted by atomic mass is 19.1. The smallest absolute Gasteiger partial charge is 0.266 e. The minimum Gasteiger partial charge on any atom is -0.386 e. The van der Waals surface area contributed by atoms with E-state index >= 15 is 0 Å². The molecule has 0 spiro atoms. The second kappa shape index (κ2) is 8.81. The fraction of sp³-hybridized carbons (Fsp3) is 0.250. The fourth-order valence-corrected chi connectivity index (χ4v) is 2.90. The second-order valence-electron chi connectivity index (χ2n) is 6.16. The first-order chi connectivity index (χ1) is 13.2. The summed E-state index contributed by atoms with van der Waals surface area (Å²) in [5.74, 6) is -0.547. The summed E-state index contributed by atoms with van der Waals surface area (Å²) in [4.78, 5) is 20.3. The molecule has 1 amide bonds. The van der Waals surface area contributed by atoms with Crippen molar-refractivity contribution in [1.82, 2.24) is 15.2 Å². The number of rotatable bonds is 5. The lowest BCUT2D eigenvalue weighted by Gasteiger charge is -2.36. The zero-order chi connectivity index (χ0) is 19.1. The Morgan fingerprint density at radius 2 is 1.81 bits per heavy atom. The van der Waals surface area contributed by atoms with Crippen LogP contribution in [0.3, 0.4) is 0 Å². The molecule has 1 aromatic carbocycles. The van der Waals surface area contributed by atoms with Crippen LogP contribution in [0.2, 0.25) is 0 Å². The van der Waals surface area contributed by atoms with Gasteiger partial charge in [0.25, 0.3) is 5.91 Å². The van der Waals surface area contributed by atoms with Crippen LogP contribution >= 0.6 is 0 Å². The largest absolute Gasteiger partial charge is 0.386 e. The van der Waals surface area contributed by atoms with Crippen molar-refractivity contribution in [3.8, 4) is 6.07 Å². The molecule has 1 aliphatic rings. The summed E-state index contributed by atoms with van der Waals surface area (Å²) >= 11 is 0. The third-order valence-corrected chi connectivity index (χ3v) is 4.41. The van der Waals surface area contributed by atoms with E-state index in [9.17, 15) is 14.4 Å². The van der Waals surface area contributed by atoms with Gasteiger partial charge in [-0.05, 0) is 42.0 Å². The number of aromatic nitrogens is 1. The molecule has 6 nitrogen and oxygen atoms in total. The van der Waals surface area contributed by atoms with Gasteiger partial charge in [0, 0.05) is 57.0 Å². The van der Waals surface area contributed by atoms with Gasteiger partial charge < -0.3 is 15.1 Å². The van der Waals surface area contributed by atoms with Crippen LogP contribution in [-0.2, 0) is 11.3 Å². The average molecular weight is 365 g/mol. The lowest BCUT2D eigenvalue weighted by molar-refractivity contribution is -0.127. The Morgan fingerprint density at radius 1 is 1.15 bits per heavy atom. The lowest BCUT2D eigenvalue weighted by Crippen LogP contribution is -2.49. The number of carbonyl (C=O) groups is 1. The molecule has 0 saturated carbocycles. The van der Waals surface area contributed by atoms with Crippen LogP contribution in [0.5, 0.6) is 0 Å². The van der Waals surface area contributed by atoms with Crippen molar-refractivity contribution in [2.75, 3.05) is 31.1 Å². The summed E-state index contributed by atoms with van der Waals surface area (Å²) in [6.07, 6.45) is 4.85. The first kappa shape index (κ1) is 18.4. The van der Waals surface area contributed by atoms with Crippen LogP contribution in [0.15, 0.2) is 60.6 Å². The van der Waals surface area contributed by atoms with Crippen LogP contribution in [0.25, 0.3) is 0 Å². The summed E-state index contributed by atoms with van der Waals surface area (Å²) in [6.45, 7) is 2.82. The minimum atomic E-state index is -0.279. The van der Waals surface area contributed by atoms with Crippen LogP contribution in [0, 0.1) is 17.1 Å². The molecule has 2 aromatic rings. The number of nitriles is 1. The second-order valence-corrected chi connectivity index (χ2v) is 6.16. The third kappa shape index (κ3) is 4.82. The van der Waals surface area contributed by atoms with Crippen molar-refractivity contribution in [1.29, 1.82) is 5.26 Å². The van der Waals surface area contributed by atoms with E-state index in [0.29, 0.717) is 32.7 Å². The lowest BCUT2D eigenvalue weighted by atomic mass is 10.2. The van der Waals surface area contributed by atoms with Crippen molar-refractivity contribution in [3.63, 3.8) is 0 Å². The molecule has 1 N–H and O–H groups in total. The number of piperazine rings is 1. The fourth-order valence-electron chi connectivity index (χ4n) is 2.90. The Balaban J connectivity index is 1.54. The quantitative estimate of drug-likeness (QED) is 0.649. The normalized spacial score (nSPS) is 14.6. The SMILES string of the molecule is N#C/C(=C/NCc1ccncc1)C(=O)N1CCN(c2ccc(F)cc2)CC1. The summed E-state index contributed by atoms with van der Waals surface area (Å²) in [5, 5.41) is 12.3. The number of amides is 1. The first-order valence-corrected chi connectivity index (χ1v) is 8.70. The van der Waals surface area contributed by atoms with Crippen molar-refractivity contribution < 1.29 is 9.18 Å². The molecule has 27 heavy (non-hydrogen) atoms. The van der Waals surface area contributed by atoms with E-state index in [1.807, 2.05) is 18.2 Å². The third-order valence-electron chi connectivity index (χ3n) is 4.41. The highest BCUT2D eigenvalue weighted by Gasteiger charge is 2.23. The monoisotopic (exact) mass is 365 g/mol. The Labute approximate surface area is 157 Å². The molecule has 7 heteroatoms. The molecule has 1 saturated heterocycles. The molecule has 0 bridgehead atoms. The highest BCUT2D eigenvalue weighted by molar-refractivity contribution is 5.97. The first-order valence-electron chi connectivity index (χ1n) is 8.70. The molecule has 1 aromatic heterocycles. The van der Waals surface area contributed by atoms with Gasteiger partial charge in [0.05, 0.1) is 0 Å². The molecule has 1 aliphatic heterocycles. The summed E-state index contributed by atoms with van der Waals surface area (Å²) in [6, 6.07) is 12.0. The molecule has 0 atom stereocenters. The minimum absolute atomic E-state index is 0.0827. The van der Waals surface area contributed by atoms with Crippen LogP contribution in [0.1, 0.15) is 5.56 Å². The van der Waals surface area contributed by atoms with Crippen LogP contribution < -0.4 is 10.2 Å². The van der Waals surface area contributed by atoms with Crippen molar-refractivity contribution in [3.05, 3.63) is 71.9 Å². The van der Waals surface area contributed by atoms with Crippen molar-refractivity contribution in [2.24, 2.45) is 0 Å². The van der Waals surface area contributed by atoms with Gasteiger partial charge in [0.2, 0.25) is 0 Å². The summed E-state index contributed by atoms with van der Waals surface area (Å²) in [5.41, 5.74) is 2.02. The molecular weight excluding hydrogens is 345 g/mol. The maximum Gasteiger partial charge on any atom is 0.266 e. The number of nitrogens with zero attached hydrogens (tertiary/aromatic N) is 4. The molecule has 1 fully saturated rings. The number of halogens is 1. The van der Waals surface area contributed by atoms with Crippen LogP contribution in [-0.4, -0.2) is 42.0 Å². The summed E-state index contributed by atoms with van der Waals surface area (Å²) in [7, 11) is 0. The molecule has 0 aliphatic carbocycles. The number of carbonyl (C=O) groups excluding carboxylic acids is 1. The number of pyridine rings is 1. The Bertz CT molecular complexity index is 837. The van der Waals surface area contributed by atoms with Gasteiger partial charge in [0.15, 0.2) is 0 Å². The van der Waals surface area contributed by atoms with Crippen LogP contribution in [0.4, 0.5) is 10.1 Å². The van der Waals surface area contributed by atoms with E-state index in [4.69, 9.17) is 0 Å². The van der Waals surface area contributed by atoms with Crippen molar-refractivity contribution >= 4 is 11.6 Å². The van der Waals surface area contributed by atoms with Crippen molar-refractivity contribution in [2.45, 2.75) is 6.54 Å². The van der Waals surface area contributed by atoms with E-state index in [0.717, 1.165) is 11.3 Å². The van der Waals surface area contributed by atoms with E-state index in [-0.39, 0.29) is 17.3 Å². The van der Waals surface area contributed by atoms with Gasteiger partial charge in [-0.3, -0.25) is 9.78 Å². The van der Waals surface area contributed by atoms with E-state index in [1.165, 1.54) is 18.3 Å². The zero-order valence-corrected chi connectivity index (χ0v) is 14.8. The van der Waals surface area contributed by atoms with E-state index < -0.39 is 0 Å². The van der Waals surface area contributed by atoms with Gasteiger partial charge in [-0.25, -0.2) is 4.39 Å². The average Bonchev–Trinajstić information content (AvgIpc) is 2.72. The van der Waals surface area contributed by atoms with Gasteiger partial charge in [0.1, 0.15) is 17.5 Å². The van der Waals surface area contributed by atoms with Gasteiger partial charge in [-0.15, -0.1) is 0 Å². The molecule has 0 unspecified atom stereocenters. The number of anilines is 1.